The number of carbonyl (C=O) groups is 2. The number of cyclic esters (lactones) is 1. The molecule has 0 aliphatic carbocycles. The zero-order valence-corrected chi connectivity index (χ0v) is 6.24. The number of carbonyl (C=O) groups excluding carboxylic acids is 2. The number of rotatable bonds is 1. The summed E-state index contributed by atoms with van der Waals surface area (Å²) in [6, 6.07) is 1.04. The Balaban J connectivity index is 2.32. The third-order valence-corrected chi connectivity index (χ3v) is 1.57. The van der Waals surface area contributed by atoms with Gasteiger partial charge in [0, 0.05) is 6.07 Å². The van der Waals surface area contributed by atoms with Gasteiger partial charge in [0.2, 0.25) is 6.10 Å². The number of hydrogen-bond donors (Lipinski definition) is 1. The van der Waals surface area contributed by atoms with Crippen LogP contribution in [0.3, 0.4) is 0 Å². The van der Waals surface area contributed by atoms with Crippen LogP contribution in [0.2, 0.25) is 0 Å². The highest BCUT2D eigenvalue weighted by Crippen LogP contribution is 2.24. The second-order valence-electron chi connectivity index (χ2n) is 2.41. The van der Waals surface area contributed by atoms with Gasteiger partial charge in [0.25, 0.3) is 5.91 Å². The molecule has 13 heavy (non-hydrogen) atoms. The fourth-order valence-electron chi connectivity index (χ4n) is 1.02. The van der Waals surface area contributed by atoms with Crippen molar-refractivity contribution in [3.8, 4) is 0 Å². The van der Waals surface area contributed by atoms with Crippen molar-refractivity contribution in [2.45, 2.75) is 6.10 Å². The van der Waals surface area contributed by atoms with E-state index in [4.69, 9.17) is 0 Å². The Bertz CT molecular complexity index is 372. The maximum absolute atomic E-state index is 12.8. The van der Waals surface area contributed by atoms with Gasteiger partial charge < -0.3 is 9.15 Å². The average Bonchev–Trinajstić information content (AvgIpc) is 2.58. The van der Waals surface area contributed by atoms with E-state index in [1.165, 1.54) is 0 Å². The number of hydrogen-bond acceptors (Lipinski definition) is 4. The number of ether oxygens (including phenoxy) is 1. The van der Waals surface area contributed by atoms with Crippen LogP contribution in [-0.4, -0.2) is 12.0 Å². The third kappa shape index (κ3) is 1.16. The second kappa shape index (κ2) is 2.58. The van der Waals surface area contributed by atoms with Crippen LogP contribution in [0, 0.1) is 5.82 Å². The molecule has 1 aliphatic rings. The molecular weight excluding hydrogens is 181 g/mol. The van der Waals surface area contributed by atoms with Crippen LogP contribution >= 0.6 is 0 Å². The number of imide groups is 1. The van der Waals surface area contributed by atoms with Crippen molar-refractivity contribution >= 4 is 12.0 Å². The van der Waals surface area contributed by atoms with Crippen LogP contribution in [0.1, 0.15) is 11.9 Å². The number of alkyl carbamates (subject to hydrolysis) is 1. The fraction of sp³-hybridized carbons (Fsp3) is 0.143. The molecule has 1 aromatic rings. The second-order valence-corrected chi connectivity index (χ2v) is 2.41. The summed E-state index contributed by atoms with van der Waals surface area (Å²) in [5, 5.41) is 1.86. The molecule has 1 aromatic heterocycles. The zero-order chi connectivity index (χ0) is 9.42. The predicted octanol–water partition coefficient (Wildman–Crippen LogP) is 0.726. The first-order valence-electron chi connectivity index (χ1n) is 3.43. The molecular formula is C7H4FNO4. The Morgan fingerprint density at radius 3 is 2.69 bits per heavy atom. The highest BCUT2D eigenvalue weighted by molar-refractivity contribution is 6.00. The van der Waals surface area contributed by atoms with Crippen molar-refractivity contribution in [3.05, 3.63) is 23.9 Å². The van der Waals surface area contributed by atoms with E-state index < -0.39 is 23.9 Å². The molecule has 1 aliphatic heterocycles. The molecule has 5 nitrogen and oxygen atoms in total. The Morgan fingerprint density at radius 2 is 2.23 bits per heavy atom. The van der Waals surface area contributed by atoms with E-state index in [1.54, 1.807) is 0 Å². The largest absolute Gasteiger partial charge is 0.462 e. The highest BCUT2D eigenvalue weighted by Gasteiger charge is 2.37. The van der Waals surface area contributed by atoms with Gasteiger partial charge in [-0.15, -0.1) is 0 Å². The van der Waals surface area contributed by atoms with Crippen LogP contribution in [0.5, 0.6) is 0 Å². The van der Waals surface area contributed by atoms with E-state index in [2.05, 4.69) is 9.15 Å². The molecule has 0 saturated carbocycles. The van der Waals surface area contributed by atoms with Crippen LogP contribution in [0.25, 0.3) is 0 Å². The van der Waals surface area contributed by atoms with Crippen molar-refractivity contribution < 1.29 is 23.1 Å². The summed E-state index contributed by atoms with van der Waals surface area (Å²) < 4.78 is 22.0. The summed E-state index contributed by atoms with van der Waals surface area (Å²) in [6.07, 6.45) is -1.13. The van der Waals surface area contributed by atoms with Crippen LogP contribution < -0.4 is 5.32 Å². The van der Waals surface area contributed by atoms with Gasteiger partial charge in [-0.05, 0) is 0 Å². The van der Waals surface area contributed by atoms with Crippen molar-refractivity contribution in [2.75, 3.05) is 0 Å². The van der Waals surface area contributed by atoms with Gasteiger partial charge in [0.1, 0.15) is 0 Å². The Labute approximate surface area is 71.5 Å². The minimum Gasteiger partial charge on any atom is -0.462 e. The molecule has 1 N–H and O–H groups in total. The Kier molecular flexibility index (Phi) is 1.54. The lowest BCUT2D eigenvalue weighted by molar-refractivity contribution is -0.124. The summed E-state index contributed by atoms with van der Waals surface area (Å²) >= 11 is 0. The standard InChI is InChI=1S/C7H4FNO4/c8-3-1-2-12-4(3)5-6(10)9-7(11)13-5/h1-2,5H,(H,9,10,11). The molecule has 68 valence electrons. The number of halogens is 1. The van der Waals surface area contributed by atoms with Crippen molar-refractivity contribution in [3.63, 3.8) is 0 Å². The van der Waals surface area contributed by atoms with E-state index in [0.717, 1.165) is 12.3 Å². The smallest absolute Gasteiger partial charge is 0.415 e. The van der Waals surface area contributed by atoms with Crippen LogP contribution in [0.4, 0.5) is 9.18 Å². The fourth-order valence-corrected chi connectivity index (χ4v) is 1.02. The molecule has 1 fully saturated rings. The molecule has 0 radical (unpaired) electrons. The van der Waals surface area contributed by atoms with Gasteiger partial charge in [-0.2, -0.15) is 0 Å². The first-order valence-corrected chi connectivity index (χ1v) is 3.43. The van der Waals surface area contributed by atoms with Gasteiger partial charge in [0.15, 0.2) is 11.6 Å². The normalized spacial score (nSPS) is 21.5. The first-order chi connectivity index (χ1) is 6.18. The third-order valence-electron chi connectivity index (χ3n) is 1.57. The molecule has 0 bridgehead atoms. The highest BCUT2D eigenvalue weighted by atomic mass is 19.1. The Morgan fingerprint density at radius 1 is 1.46 bits per heavy atom. The predicted molar refractivity (Wildman–Crippen MR) is 36.0 cm³/mol. The van der Waals surface area contributed by atoms with Gasteiger partial charge in [-0.3, -0.25) is 10.1 Å². The SMILES string of the molecule is O=C1NC(=O)C(c2occc2F)O1. The summed E-state index contributed by atoms with van der Waals surface area (Å²) in [6.45, 7) is 0. The molecule has 2 amide bonds. The average molecular weight is 185 g/mol. The maximum atomic E-state index is 12.8. The van der Waals surface area contributed by atoms with Crippen LogP contribution in [-0.2, 0) is 9.53 Å². The molecule has 2 heterocycles. The van der Waals surface area contributed by atoms with Gasteiger partial charge >= 0.3 is 6.09 Å². The topological polar surface area (TPSA) is 68.5 Å². The minimum atomic E-state index is -1.30. The lowest BCUT2D eigenvalue weighted by atomic mass is 10.2. The lowest BCUT2D eigenvalue weighted by Gasteiger charge is -2.00. The van der Waals surface area contributed by atoms with Crippen molar-refractivity contribution in [1.82, 2.24) is 5.32 Å². The summed E-state index contributed by atoms with van der Waals surface area (Å²) in [7, 11) is 0. The summed E-state index contributed by atoms with van der Waals surface area (Å²) in [4.78, 5) is 21.5. The molecule has 6 heteroatoms. The van der Waals surface area contributed by atoms with E-state index in [0.29, 0.717) is 0 Å². The minimum absolute atomic E-state index is 0.289. The Hall–Kier alpha value is -1.85. The number of furan rings is 1. The van der Waals surface area contributed by atoms with Crippen LogP contribution in [0.15, 0.2) is 16.7 Å². The maximum Gasteiger partial charge on any atom is 0.415 e. The van der Waals surface area contributed by atoms with Crippen molar-refractivity contribution in [1.29, 1.82) is 0 Å². The molecule has 1 saturated heterocycles. The summed E-state index contributed by atoms with van der Waals surface area (Å²) in [5.74, 6) is -1.72. The lowest BCUT2D eigenvalue weighted by Crippen LogP contribution is -2.20. The first kappa shape index (κ1) is 7.78. The molecule has 0 aromatic carbocycles. The molecule has 1 unspecified atom stereocenters. The van der Waals surface area contributed by atoms with Gasteiger partial charge in [-0.1, -0.05) is 0 Å². The van der Waals surface area contributed by atoms with Crippen molar-refractivity contribution in [2.24, 2.45) is 0 Å². The van der Waals surface area contributed by atoms with Gasteiger partial charge in [0.05, 0.1) is 6.26 Å². The summed E-state index contributed by atoms with van der Waals surface area (Å²) in [5.41, 5.74) is 0. The molecule has 2 rings (SSSR count). The van der Waals surface area contributed by atoms with E-state index in [-0.39, 0.29) is 5.76 Å². The number of nitrogens with one attached hydrogen (secondary N) is 1. The van der Waals surface area contributed by atoms with E-state index in [9.17, 15) is 14.0 Å². The molecule has 0 spiro atoms. The monoisotopic (exact) mass is 185 g/mol. The van der Waals surface area contributed by atoms with E-state index in [1.807, 2.05) is 5.32 Å². The van der Waals surface area contributed by atoms with Gasteiger partial charge in [-0.25, -0.2) is 9.18 Å². The quantitative estimate of drug-likeness (QED) is 0.700. The zero-order valence-electron chi connectivity index (χ0n) is 6.24. The van der Waals surface area contributed by atoms with E-state index >= 15 is 0 Å². The molecule has 1 atom stereocenters. The number of amides is 2.